The van der Waals surface area contributed by atoms with Gasteiger partial charge in [-0.15, -0.1) is 0 Å². The van der Waals surface area contributed by atoms with Crippen LogP contribution in [-0.4, -0.2) is 230 Å². The number of ether oxygens (including phenoxy) is 18. The number of hydrogen-bond donors (Lipinski definition) is 0. The van der Waals surface area contributed by atoms with E-state index in [2.05, 4.69) is 27.7 Å². The molecule has 0 aliphatic carbocycles. The summed E-state index contributed by atoms with van der Waals surface area (Å²) in [5, 5.41) is 0. The Morgan fingerprint density at radius 1 is 0.215 bits per heavy atom. The zero-order valence-corrected chi connectivity index (χ0v) is 49.5. The molecule has 19 heteroatoms. The minimum Gasteiger partial charge on any atom is -0.491 e. The number of para-hydroxylation sites is 2. The molecule has 0 atom stereocenters. The highest BCUT2D eigenvalue weighted by Gasteiger charge is 2.01. The molecule has 0 aliphatic rings. The Morgan fingerprint density at radius 2 is 0.392 bits per heavy atom. The summed E-state index contributed by atoms with van der Waals surface area (Å²) in [5.74, 6) is 3.29. The highest BCUT2D eigenvalue weighted by molar-refractivity contribution is 5.21. The third-order valence-electron chi connectivity index (χ3n) is 10.8. The van der Waals surface area contributed by atoms with Gasteiger partial charge in [0.05, 0.1) is 198 Å². The van der Waals surface area contributed by atoms with Crippen LogP contribution >= 0.6 is 0 Å². The maximum atomic E-state index is 5.58. The van der Waals surface area contributed by atoms with Crippen molar-refractivity contribution in [2.75, 3.05) is 225 Å². The molecule has 0 aromatic heterocycles. The van der Waals surface area contributed by atoms with E-state index < -0.39 is 0 Å². The second kappa shape index (κ2) is 66.2. The molecule has 2 aromatic carbocycles. The van der Waals surface area contributed by atoms with Crippen LogP contribution in [0.15, 0.2) is 60.7 Å². The monoisotopic (exact) mass is 1130 g/mol. The molecule has 0 spiro atoms. The fourth-order valence-electron chi connectivity index (χ4n) is 6.62. The van der Waals surface area contributed by atoms with Crippen molar-refractivity contribution in [3.8, 4) is 11.5 Å². The van der Waals surface area contributed by atoms with Crippen molar-refractivity contribution in [1.29, 1.82) is 0 Å². The second-order valence-corrected chi connectivity index (χ2v) is 18.6. The minimum absolute atomic E-state index is 0. The van der Waals surface area contributed by atoms with Crippen LogP contribution in [0.1, 0.15) is 79.1 Å². The predicted molar refractivity (Wildman–Crippen MR) is 307 cm³/mol. The summed E-state index contributed by atoms with van der Waals surface area (Å²) in [7, 11) is 0. The number of benzene rings is 2. The zero-order valence-electron chi connectivity index (χ0n) is 49.5. The first-order valence-electron chi connectivity index (χ1n) is 29.2. The van der Waals surface area contributed by atoms with Gasteiger partial charge in [-0.05, 0) is 48.9 Å². The van der Waals surface area contributed by atoms with Crippen molar-refractivity contribution < 1.29 is 90.7 Å². The SMILES string of the molecule is CC(C)CCCCCOCCOCCOCCOCCOCCOCCOCCOCCOc1ccccc1.CC(C)CCCCCOCCOCCOCCOCCOCCOCCOCCOCCOc1ccccc1.O. The van der Waals surface area contributed by atoms with E-state index in [1.807, 2.05) is 60.7 Å². The van der Waals surface area contributed by atoms with E-state index >= 15 is 0 Å². The molecule has 0 aliphatic heterocycles. The first kappa shape index (κ1) is 76.4. The molecule has 0 amide bonds. The van der Waals surface area contributed by atoms with E-state index in [9.17, 15) is 0 Å². The van der Waals surface area contributed by atoms with Crippen molar-refractivity contribution in [2.24, 2.45) is 11.8 Å². The normalized spacial score (nSPS) is 11.3. The topological polar surface area (TPSA) is 198 Å². The van der Waals surface area contributed by atoms with Crippen molar-refractivity contribution in [3.05, 3.63) is 60.7 Å². The van der Waals surface area contributed by atoms with Crippen molar-refractivity contribution in [2.45, 2.75) is 79.1 Å². The summed E-state index contributed by atoms with van der Waals surface area (Å²) in [5.41, 5.74) is 0. The summed E-state index contributed by atoms with van der Waals surface area (Å²) >= 11 is 0. The Bertz CT molecular complexity index is 1280. The van der Waals surface area contributed by atoms with Gasteiger partial charge in [-0.25, -0.2) is 0 Å². The molecule has 79 heavy (non-hydrogen) atoms. The number of rotatable bonds is 62. The molecule has 0 bridgehead atoms. The summed E-state index contributed by atoms with van der Waals surface area (Å²) in [6.45, 7) is 28.3. The smallest absolute Gasteiger partial charge is 0.119 e. The van der Waals surface area contributed by atoms with Gasteiger partial charge >= 0.3 is 0 Å². The summed E-state index contributed by atoms with van der Waals surface area (Å²) in [6, 6.07) is 19.4. The van der Waals surface area contributed by atoms with Crippen LogP contribution in [0.4, 0.5) is 0 Å². The van der Waals surface area contributed by atoms with E-state index in [1.165, 1.54) is 38.5 Å². The van der Waals surface area contributed by atoms with Crippen LogP contribution < -0.4 is 9.47 Å². The van der Waals surface area contributed by atoms with Crippen LogP contribution in [0, 0.1) is 11.8 Å². The van der Waals surface area contributed by atoms with E-state index in [1.54, 1.807) is 0 Å². The van der Waals surface area contributed by atoms with Crippen LogP contribution in [0.2, 0.25) is 0 Å². The lowest BCUT2D eigenvalue weighted by molar-refractivity contribution is -0.0236. The minimum atomic E-state index is 0. The van der Waals surface area contributed by atoms with Gasteiger partial charge in [-0.3, -0.25) is 0 Å². The van der Waals surface area contributed by atoms with E-state index in [0.29, 0.717) is 211 Å². The first-order chi connectivity index (χ1) is 38.6. The van der Waals surface area contributed by atoms with E-state index in [-0.39, 0.29) is 5.48 Å². The van der Waals surface area contributed by atoms with Gasteiger partial charge in [0, 0.05) is 13.2 Å². The maximum Gasteiger partial charge on any atom is 0.119 e. The molecule has 2 N–H and O–H groups in total. The second-order valence-electron chi connectivity index (χ2n) is 18.6. The molecular formula is C60H110O19. The quantitative estimate of drug-likeness (QED) is 0.0577. The molecule has 2 aromatic rings. The summed E-state index contributed by atoms with van der Waals surface area (Å²) in [6.07, 6.45) is 9.96. The number of hydrogen-bond acceptors (Lipinski definition) is 18. The third-order valence-corrected chi connectivity index (χ3v) is 10.8. The molecule has 19 nitrogen and oxygen atoms in total. The average molecular weight is 1140 g/mol. The Hall–Kier alpha value is -2.64. The largest absolute Gasteiger partial charge is 0.491 e. The van der Waals surface area contributed by atoms with Gasteiger partial charge in [-0.1, -0.05) is 103 Å². The number of unbranched alkanes of at least 4 members (excludes halogenated alkanes) is 4. The van der Waals surface area contributed by atoms with Crippen molar-refractivity contribution in [1.82, 2.24) is 0 Å². The van der Waals surface area contributed by atoms with Gasteiger partial charge in [0.1, 0.15) is 24.7 Å². The van der Waals surface area contributed by atoms with Gasteiger partial charge in [0.15, 0.2) is 0 Å². The van der Waals surface area contributed by atoms with Crippen LogP contribution in [0.3, 0.4) is 0 Å². The maximum absolute atomic E-state index is 5.58. The molecule has 0 saturated carbocycles. The standard InChI is InChI=1S/2C30H54O9.H2O/c2*1-29(2)9-5-4-8-12-31-13-14-32-15-16-33-17-18-34-19-20-35-21-22-36-23-24-37-25-26-38-27-28-39-30-10-6-3-7-11-30;/h2*3,6-7,10-11,29H,4-5,8-9,12-28H2,1-2H3;1H2. The lowest BCUT2D eigenvalue weighted by Crippen LogP contribution is -2.15. The van der Waals surface area contributed by atoms with Gasteiger partial charge in [0.25, 0.3) is 0 Å². The predicted octanol–water partition coefficient (Wildman–Crippen LogP) is 8.00. The molecule has 464 valence electrons. The van der Waals surface area contributed by atoms with E-state index in [4.69, 9.17) is 85.3 Å². The third kappa shape index (κ3) is 64.4. The Labute approximate surface area is 477 Å². The molecular weight excluding hydrogens is 1020 g/mol. The zero-order chi connectivity index (χ0) is 55.8. The van der Waals surface area contributed by atoms with Gasteiger partial charge < -0.3 is 90.7 Å². The first-order valence-corrected chi connectivity index (χ1v) is 29.2. The lowest BCUT2D eigenvalue weighted by atomic mass is 10.1. The fourth-order valence-corrected chi connectivity index (χ4v) is 6.62. The highest BCUT2D eigenvalue weighted by Crippen LogP contribution is 2.10. The summed E-state index contributed by atoms with van der Waals surface area (Å²) < 4.78 is 99.0. The average Bonchev–Trinajstić information content (AvgIpc) is 3.44. The van der Waals surface area contributed by atoms with Crippen molar-refractivity contribution >= 4 is 0 Å². The Morgan fingerprint density at radius 3 is 0.582 bits per heavy atom. The van der Waals surface area contributed by atoms with Crippen LogP contribution in [0.25, 0.3) is 0 Å². The highest BCUT2D eigenvalue weighted by atomic mass is 16.6. The van der Waals surface area contributed by atoms with Crippen molar-refractivity contribution in [3.63, 3.8) is 0 Å². The Kier molecular flexibility index (Phi) is 64.0. The molecule has 0 unspecified atom stereocenters. The Balaban J connectivity index is 0.00000152. The molecule has 0 heterocycles. The molecule has 2 rings (SSSR count). The van der Waals surface area contributed by atoms with Crippen LogP contribution in [0.5, 0.6) is 11.5 Å². The molecule has 0 radical (unpaired) electrons. The van der Waals surface area contributed by atoms with Crippen LogP contribution in [-0.2, 0) is 75.8 Å². The lowest BCUT2D eigenvalue weighted by Gasteiger charge is -2.09. The van der Waals surface area contributed by atoms with Gasteiger partial charge in [-0.2, -0.15) is 0 Å². The van der Waals surface area contributed by atoms with Gasteiger partial charge in [0.2, 0.25) is 0 Å². The van der Waals surface area contributed by atoms with E-state index in [0.717, 1.165) is 49.4 Å². The molecule has 0 fully saturated rings. The summed E-state index contributed by atoms with van der Waals surface area (Å²) in [4.78, 5) is 0. The fraction of sp³-hybridized carbons (Fsp3) is 0.800. The molecule has 0 saturated heterocycles.